The van der Waals surface area contributed by atoms with E-state index in [2.05, 4.69) is 21.2 Å². The molecule has 0 radical (unpaired) electrons. The van der Waals surface area contributed by atoms with Crippen LogP contribution < -0.4 is 5.32 Å². The predicted octanol–water partition coefficient (Wildman–Crippen LogP) is 5.98. The van der Waals surface area contributed by atoms with Crippen molar-refractivity contribution in [3.8, 4) is 0 Å². The molecule has 1 aliphatic rings. The van der Waals surface area contributed by atoms with Crippen molar-refractivity contribution in [2.75, 3.05) is 5.32 Å². The minimum atomic E-state index is -0.548. The molecule has 2 aromatic carbocycles. The number of anilines is 1. The van der Waals surface area contributed by atoms with E-state index in [0.29, 0.717) is 16.1 Å². The van der Waals surface area contributed by atoms with Gasteiger partial charge >= 0.3 is 6.09 Å². The van der Waals surface area contributed by atoms with Crippen molar-refractivity contribution >= 4 is 44.1 Å². The van der Waals surface area contributed by atoms with Crippen LogP contribution in [0.5, 0.6) is 0 Å². The summed E-state index contributed by atoms with van der Waals surface area (Å²) in [7, 11) is 0. The van der Waals surface area contributed by atoms with Gasteiger partial charge in [0.2, 0.25) is 0 Å². The zero-order chi connectivity index (χ0) is 19.5. The molecule has 1 N–H and O–H groups in total. The Labute approximate surface area is 175 Å². The van der Waals surface area contributed by atoms with Crippen LogP contribution in [0.3, 0.4) is 0 Å². The third-order valence-corrected chi connectivity index (χ3v) is 6.42. The van der Waals surface area contributed by atoms with Crippen LogP contribution >= 0.6 is 27.3 Å². The minimum absolute atomic E-state index is 0.0646. The number of carbonyl (C=O) groups excluding carboxylic acids is 2. The summed E-state index contributed by atoms with van der Waals surface area (Å²) in [5.74, 6) is -0.0646. The summed E-state index contributed by atoms with van der Waals surface area (Å²) in [6, 6.07) is 16.8. The first-order chi connectivity index (χ1) is 13.6. The topological polar surface area (TPSA) is 55.4 Å². The van der Waals surface area contributed by atoms with Crippen LogP contribution in [-0.2, 0) is 24.2 Å². The summed E-state index contributed by atoms with van der Waals surface area (Å²) < 4.78 is 6.25. The van der Waals surface area contributed by atoms with E-state index in [-0.39, 0.29) is 12.4 Å². The number of halogens is 1. The third-order valence-electron chi connectivity index (χ3n) is 4.68. The predicted molar refractivity (Wildman–Crippen MR) is 114 cm³/mol. The second-order valence-electron chi connectivity index (χ2n) is 6.58. The largest absolute Gasteiger partial charge is 0.444 e. The van der Waals surface area contributed by atoms with Crippen LogP contribution in [-0.4, -0.2) is 11.9 Å². The van der Waals surface area contributed by atoms with Crippen LogP contribution in [0.2, 0.25) is 0 Å². The normalized spacial score (nSPS) is 12.5. The molecule has 0 atom stereocenters. The van der Waals surface area contributed by atoms with Crippen molar-refractivity contribution < 1.29 is 14.3 Å². The Morgan fingerprint density at radius 3 is 2.54 bits per heavy atom. The molecule has 3 aromatic rings. The van der Waals surface area contributed by atoms with Gasteiger partial charge in [-0.2, -0.15) is 0 Å². The summed E-state index contributed by atoms with van der Waals surface area (Å²) in [5, 5.41) is 3.38. The van der Waals surface area contributed by atoms with Gasteiger partial charge in [-0.15, -0.1) is 11.3 Å². The van der Waals surface area contributed by atoms with E-state index in [0.717, 1.165) is 34.9 Å². The number of rotatable bonds is 5. The number of ether oxygens (including phenoxy) is 1. The molecule has 0 saturated heterocycles. The molecular weight excluding hydrogens is 438 g/mol. The standard InChI is InChI=1S/C22H18BrNO3S/c23-16-11-9-15(10-12-16)20(25)19-17-7-4-8-18(17)28-21(19)24-22(26)27-13-14-5-2-1-3-6-14/h1-3,5-6,9-12H,4,7-8,13H2,(H,24,26). The van der Waals surface area contributed by atoms with E-state index in [1.807, 2.05) is 42.5 Å². The van der Waals surface area contributed by atoms with Gasteiger partial charge in [0.15, 0.2) is 5.78 Å². The molecule has 4 nitrogen and oxygen atoms in total. The molecule has 6 heteroatoms. The SMILES string of the molecule is O=C(Nc1sc2c(c1C(=O)c1ccc(Br)cc1)CCC2)OCc1ccccc1. The zero-order valence-corrected chi connectivity index (χ0v) is 17.4. The molecule has 0 spiro atoms. The van der Waals surface area contributed by atoms with Crippen LogP contribution in [0.1, 0.15) is 38.3 Å². The van der Waals surface area contributed by atoms with Gasteiger partial charge in [-0.25, -0.2) is 4.79 Å². The molecule has 1 heterocycles. The fraction of sp³-hybridized carbons (Fsp3) is 0.182. The summed E-state index contributed by atoms with van der Waals surface area (Å²) >= 11 is 4.88. The van der Waals surface area contributed by atoms with Gasteiger partial charge in [0.1, 0.15) is 11.6 Å². The number of thiophene rings is 1. The van der Waals surface area contributed by atoms with Gasteiger partial charge in [0, 0.05) is 14.9 Å². The Balaban J connectivity index is 1.55. The van der Waals surface area contributed by atoms with Crippen molar-refractivity contribution in [1.82, 2.24) is 0 Å². The highest BCUT2D eigenvalue weighted by atomic mass is 79.9. The van der Waals surface area contributed by atoms with Crippen LogP contribution in [0.25, 0.3) is 0 Å². The third kappa shape index (κ3) is 4.03. The lowest BCUT2D eigenvalue weighted by Gasteiger charge is -2.09. The molecule has 142 valence electrons. The fourth-order valence-corrected chi connectivity index (χ4v) is 4.87. The van der Waals surface area contributed by atoms with Gasteiger partial charge in [-0.05, 0) is 54.7 Å². The van der Waals surface area contributed by atoms with Crippen LogP contribution in [0.4, 0.5) is 9.80 Å². The van der Waals surface area contributed by atoms with Crippen molar-refractivity contribution in [2.24, 2.45) is 0 Å². The number of hydrogen-bond acceptors (Lipinski definition) is 4. The van der Waals surface area contributed by atoms with Gasteiger partial charge in [-0.3, -0.25) is 10.1 Å². The number of aryl methyl sites for hydroxylation is 1. The number of fused-ring (bicyclic) bond motifs is 1. The molecule has 1 amide bonds. The van der Waals surface area contributed by atoms with E-state index in [1.54, 1.807) is 12.1 Å². The Morgan fingerprint density at radius 1 is 1.04 bits per heavy atom. The Morgan fingerprint density at radius 2 is 1.79 bits per heavy atom. The Hall–Kier alpha value is -2.44. The maximum atomic E-state index is 13.2. The van der Waals surface area contributed by atoms with Crippen molar-refractivity contribution in [1.29, 1.82) is 0 Å². The summed E-state index contributed by atoms with van der Waals surface area (Å²) in [5.41, 5.74) is 3.20. The summed E-state index contributed by atoms with van der Waals surface area (Å²) in [6.45, 7) is 0.188. The number of carbonyl (C=O) groups is 2. The van der Waals surface area contributed by atoms with Gasteiger partial charge in [0.25, 0.3) is 0 Å². The first-order valence-corrected chi connectivity index (χ1v) is 10.7. The zero-order valence-electron chi connectivity index (χ0n) is 15.0. The van der Waals surface area contributed by atoms with Crippen molar-refractivity contribution in [3.63, 3.8) is 0 Å². The van der Waals surface area contributed by atoms with Crippen LogP contribution in [0.15, 0.2) is 59.1 Å². The molecule has 4 rings (SSSR count). The van der Waals surface area contributed by atoms with E-state index in [1.165, 1.54) is 16.2 Å². The maximum Gasteiger partial charge on any atom is 0.412 e. The quantitative estimate of drug-likeness (QED) is 0.481. The highest BCUT2D eigenvalue weighted by molar-refractivity contribution is 9.10. The highest BCUT2D eigenvalue weighted by Crippen LogP contribution is 2.40. The Kier molecular flexibility index (Phi) is 5.59. The maximum absolute atomic E-state index is 13.2. The first kappa shape index (κ1) is 18.9. The fourth-order valence-electron chi connectivity index (χ4n) is 3.33. The number of nitrogens with one attached hydrogen (secondary N) is 1. The lowest BCUT2D eigenvalue weighted by molar-refractivity contribution is 0.103. The van der Waals surface area contributed by atoms with E-state index in [9.17, 15) is 9.59 Å². The van der Waals surface area contributed by atoms with E-state index in [4.69, 9.17) is 4.74 Å². The molecule has 0 unspecified atom stereocenters. The summed E-state index contributed by atoms with van der Waals surface area (Å²) in [6.07, 6.45) is 2.31. The van der Waals surface area contributed by atoms with Crippen molar-refractivity contribution in [2.45, 2.75) is 25.9 Å². The Bertz CT molecular complexity index is 1010. The average molecular weight is 456 g/mol. The second kappa shape index (κ2) is 8.29. The van der Waals surface area contributed by atoms with E-state index >= 15 is 0 Å². The van der Waals surface area contributed by atoms with E-state index < -0.39 is 6.09 Å². The number of benzene rings is 2. The molecule has 0 aliphatic heterocycles. The average Bonchev–Trinajstić information content (AvgIpc) is 3.28. The van der Waals surface area contributed by atoms with Crippen LogP contribution in [0, 0.1) is 0 Å². The van der Waals surface area contributed by atoms with Crippen molar-refractivity contribution in [3.05, 3.63) is 86.2 Å². The molecule has 0 bridgehead atoms. The number of ketones is 1. The molecule has 0 saturated carbocycles. The molecule has 1 aliphatic carbocycles. The molecule has 28 heavy (non-hydrogen) atoms. The monoisotopic (exact) mass is 455 g/mol. The van der Waals surface area contributed by atoms with Gasteiger partial charge in [-0.1, -0.05) is 46.3 Å². The van der Waals surface area contributed by atoms with Gasteiger partial charge < -0.3 is 4.74 Å². The lowest BCUT2D eigenvalue weighted by Crippen LogP contribution is -2.15. The minimum Gasteiger partial charge on any atom is -0.444 e. The summed E-state index contributed by atoms with van der Waals surface area (Å²) in [4.78, 5) is 26.7. The second-order valence-corrected chi connectivity index (χ2v) is 8.61. The molecule has 1 aromatic heterocycles. The number of hydrogen-bond donors (Lipinski definition) is 1. The lowest BCUT2D eigenvalue weighted by atomic mass is 10.0. The first-order valence-electron chi connectivity index (χ1n) is 9.04. The van der Waals surface area contributed by atoms with Gasteiger partial charge in [0.05, 0.1) is 5.56 Å². The number of amides is 1. The molecular formula is C22H18BrNO3S. The molecule has 0 fully saturated rings. The highest BCUT2D eigenvalue weighted by Gasteiger charge is 2.28. The smallest absolute Gasteiger partial charge is 0.412 e.